The highest BCUT2D eigenvalue weighted by atomic mass is 32.1. The number of hydrogen-bond donors (Lipinski definition) is 5. The van der Waals surface area contributed by atoms with Crippen molar-refractivity contribution in [3.8, 4) is 5.75 Å². The Bertz CT molecular complexity index is 1210. The van der Waals surface area contributed by atoms with Crippen LogP contribution in [0.2, 0.25) is 0 Å². The number of aromatic hydroxyl groups is 1. The number of amides is 3. The molecule has 0 saturated carbocycles. The number of carbonyl (C=O) groups excluding carboxylic acids is 3. The lowest BCUT2D eigenvalue weighted by Crippen LogP contribution is -2.48. The molecule has 0 spiro atoms. The molecule has 0 saturated heterocycles. The Labute approximate surface area is 197 Å². The van der Waals surface area contributed by atoms with Crippen molar-refractivity contribution in [1.82, 2.24) is 25.9 Å². The van der Waals surface area contributed by atoms with Crippen LogP contribution in [0.15, 0.2) is 48.9 Å². The van der Waals surface area contributed by atoms with Crippen molar-refractivity contribution in [2.24, 2.45) is 0 Å². The number of rotatable bonds is 9. The van der Waals surface area contributed by atoms with Gasteiger partial charge in [-0.3, -0.25) is 19.4 Å². The van der Waals surface area contributed by atoms with Crippen LogP contribution in [0.5, 0.6) is 5.75 Å². The zero-order valence-corrected chi connectivity index (χ0v) is 18.8. The number of nitrogens with one attached hydrogen (secondary N) is 3. The lowest BCUT2D eigenvalue weighted by molar-refractivity contribution is -0.139. The van der Waals surface area contributed by atoms with Gasteiger partial charge < -0.3 is 26.2 Å². The first-order valence-electron chi connectivity index (χ1n) is 9.99. The molecule has 1 aromatic carbocycles. The maximum atomic E-state index is 12.7. The van der Waals surface area contributed by atoms with Crippen molar-refractivity contribution in [2.45, 2.75) is 19.5 Å². The van der Waals surface area contributed by atoms with Gasteiger partial charge in [0.1, 0.15) is 17.5 Å². The van der Waals surface area contributed by atoms with Gasteiger partial charge >= 0.3 is 5.97 Å². The largest absolute Gasteiger partial charge is 0.508 e. The molecule has 3 rings (SSSR count). The summed E-state index contributed by atoms with van der Waals surface area (Å²) in [6, 6.07) is 6.57. The van der Waals surface area contributed by atoms with Crippen LogP contribution in [0.1, 0.15) is 41.0 Å². The van der Waals surface area contributed by atoms with Crippen molar-refractivity contribution in [3.05, 3.63) is 75.5 Å². The second kappa shape index (κ2) is 11.0. The monoisotopic (exact) mass is 483 g/mol. The number of hydrogen-bond acceptors (Lipinski definition) is 8. The molecule has 2 heterocycles. The Kier molecular flexibility index (Phi) is 7.88. The highest BCUT2D eigenvalue weighted by Gasteiger charge is 2.25. The topological polar surface area (TPSA) is 171 Å². The van der Waals surface area contributed by atoms with Crippen molar-refractivity contribution < 1.29 is 29.4 Å². The molecular weight excluding hydrogens is 462 g/mol. The predicted molar refractivity (Wildman–Crippen MR) is 122 cm³/mol. The molecular formula is C22H21N5O6S. The van der Waals surface area contributed by atoms with Gasteiger partial charge in [0.2, 0.25) is 0 Å². The summed E-state index contributed by atoms with van der Waals surface area (Å²) < 4.78 is 0. The van der Waals surface area contributed by atoms with Gasteiger partial charge in [0.15, 0.2) is 0 Å². The zero-order chi connectivity index (χ0) is 24.7. The van der Waals surface area contributed by atoms with Gasteiger partial charge in [-0.25, -0.2) is 9.78 Å². The molecule has 1 atom stereocenters. The maximum absolute atomic E-state index is 12.7. The van der Waals surface area contributed by atoms with E-state index >= 15 is 0 Å². The van der Waals surface area contributed by atoms with Crippen LogP contribution in [0.3, 0.4) is 0 Å². The molecule has 0 aliphatic carbocycles. The van der Waals surface area contributed by atoms with Crippen molar-refractivity contribution >= 4 is 35.0 Å². The van der Waals surface area contributed by atoms with Gasteiger partial charge in [-0.05, 0) is 36.2 Å². The number of carboxylic acid groups (broad SMARTS) is 1. The average molecular weight is 484 g/mol. The van der Waals surface area contributed by atoms with E-state index in [1.807, 2.05) is 0 Å². The molecule has 3 amide bonds. The number of carboxylic acids is 1. The molecule has 0 radical (unpaired) electrons. The van der Waals surface area contributed by atoms with E-state index in [0.29, 0.717) is 11.1 Å². The fraction of sp³-hybridized carbons (Fsp3) is 0.182. The lowest BCUT2D eigenvalue weighted by Gasteiger charge is -2.15. The minimum Gasteiger partial charge on any atom is -0.508 e. The Hall–Kier alpha value is -4.32. The van der Waals surface area contributed by atoms with E-state index < -0.39 is 29.7 Å². The van der Waals surface area contributed by atoms with Crippen LogP contribution in [-0.4, -0.2) is 56.5 Å². The summed E-state index contributed by atoms with van der Waals surface area (Å²) in [6.07, 6.45) is 3.94. The molecule has 0 aliphatic rings. The number of thiophene rings is 1. The smallest absolute Gasteiger partial charge is 0.328 e. The highest BCUT2D eigenvalue weighted by Crippen LogP contribution is 2.22. The molecule has 176 valence electrons. The predicted octanol–water partition coefficient (Wildman–Crippen LogP) is 1.10. The Morgan fingerprint density at radius 3 is 2.53 bits per heavy atom. The molecule has 12 heteroatoms. The van der Waals surface area contributed by atoms with Crippen LogP contribution in [0.25, 0.3) is 0 Å². The first-order chi connectivity index (χ1) is 16.2. The van der Waals surface area contributed by atoms with Gasteiger partial charge in [-0.1, -0.05) is 12.1 Å². The number of phenolic OH excluding ortho intramolecular Hbond substituents is 1. The van der Waals surface area contributed by atoms with E-state index in [1.165, 1.54) is 36.8 Å². The summed E-state index contributed by atoms with van der Waals surface area (Å²) >= 11 is 0.917. The van der Waals surface area contributed by atoms with Gasteiger partial charge in [0.05, 0.1) is 16.0 Å². The summed E-state index contributed by atoms with van der Waals surface area (Å²) in [5, 5.41) is 26.4. The average Bonchev–Trinajstić information content (AvgIpc) is 3.22. The number of nitrogens with zero attached hydrogens (tertiary/aromatic N) is 2. The van der Waals surface area contributed by atoms with E-state index in [1.54, 1.807) is 19.1 Å². The third kappa shape index (κ3) is 6.36. The third-order valence-electron chi connectivity index (χ3n) is 4.58. The molecule has 3 aromatic rings. The Morgan fingerprint density at radius 2 is 1.85 bits per heavy atom. The van der Waals surface area contributed by atoms with Crippen LogP contribution in [-0.2, 0) is 11.3 Å². The van der Waals surface area contributed by atoms with E-state index in [-0.39, 0.29) is 34.3 Å². The highest BCUT2D eigenvalue weighted by molar-refractivity contribution is 7.16. The molecule has 5 N–H and O–H groups in total. The molecule has 0 fully saturated rings. The number of aryl methyl sites for hydroxylation is 1. The van der Waals surface area contributed by atoms with Gasteiger partial charge in [-0.15, -0.1) is 11.3 Å². The summed E-state index contributed by atoms with van der Waals surface area (Å²) in [5.74, 6) is -2.99. The SMILES string of the molecule is Cc1cc(C(=O)NCc2cccc(O)c2)sc1C(=O)NC(CNC(=O)c1cnccn1)C(=O)O. The number of aliphatic carboxylic acids is 1. The van der Waals surface area contributed by atoms with Crippen LogP contribution >= 0.6 is 11.3 Å². The van der Waals surface area contributed by atoms with Gasteiger partial charge in [0.25, 0.3) is 17.7 Å². The van der Waals surface area contributed by atoms with Crippen LogP contribution < -0.4 is 16.0 Å². The second-order valence-corrected chi connectivity index (χ2v) is 8.19. The van der Waals surface area contributed by atoms with Crippen LogP contribution in [0.4, 0.5) is 0 Å². The Balaban J connectivity index is 1.61. The molecule has 34 heavy (non-hydrogen) atoms. The fourth-order valence-corrected chi connectivity index (χ4v) is 3.87. The Morgan fingerprint density at radius 1 is 1.06 bits per heavy atom. The first kappa shape index (κ1) is 24.3. The first-order valence-corrected chi connectivity index (χ1v) is 10.8. The second-order valence-electron chi connectivity index (χ2n) is 7.14. The normalized spacial score (nSPS) is 11.3. The summed E-state index contributed by atoms with van der Waals surface area (Å²) in [7, 11) is 0. The molecule has 0 aliphatic heterocycles. The van der Waals surface area contributed by atoms with E-state index in [9.17, 15) is 29.4 Å². The minimum absolute atomic E-state index is 0.00781. The van der Waals surface area contributed by atoms with Gasteiger partial charge in [-0.2, -0.15) is 0 Å². The molecule has 11 nitrogen and oxygen atoms in total. The van der Waals surface area contributed by atoms with Crippen molar-refractivity contribution in [3.63, 3.8) is 0 Å². The molecule has 0 bridgehead atoms. The van der Waals surface area contributed by atoms with Crippen LogP contribution in [0, 0.1) is 6.92 Å². The summed E-state index contributed by atoms with van der Waals surface area (Å²) in [6.45, 7) is 1.43. The molecule has 1 unspecified atom stereocenters. The summed E-state index contributed by atoms with van der Waals surface area (Å²) in [5.41, 5.74) is 1.21. The molecule has 2 aromatic heterocycles. The quantitative estimate of drug-likeness (QED) is 0.301. The zero-order valence-electron chi connectivity index (χ0n) is 17.9. The van der Waals surface area contributed by atoms with Crippen molar-refractivity contribution in [1.29, 1.82) is 0 Å². The van der Waals surface area contributed by atoms with E-state index in [0.717, 1.165) is 11.3 Å². The number of phenols is 1. The summed E-state index contributed by atoms with van der Waals surface area (Å²) in [4.78, 5) is 56.9. The fourth-order valence-electron chi connectivity index (χ4n) is 2.88. The van der Waals surface area contributed by atoms with E-state index in [2.05, 4.69) is 25.9 Å². The number of benzene rings is 1. The number of aromatic nitrogens is 2. The number of carbonyl (C=O) groups is 4. The standard InChI is InChI=1S/C22H21N5O6S/c1-12-7-17(20(30)25-9-13-3-2-4-14(28)8-13)34-18(12)21(31)27-16(22(32)33)11-26-19(29)15-10-23-5-6-24-15/h2-8,10,16,28H,9,11H2,1H3,(H,25,30)(H,26,29)(H,27,31)(H,32,33). The van der Waals surface area contributed by atoms with Gasteiger partial charge in [0, 0.05) is 25.5 Å². The third-order valence-corrected chi connectivity index (χ3v) is 5.81. The lowest BCUT2D eigenvalue weighted by atomic mass is 10.2. The van der Waals surface area contributed by atoms with E-state index in [4.69, 9.17) is 0 Å². The van der Waals surface area contributed by atoms with Crippen molar-refractivity contribution in [2.75, 3.05) is 6.54 Å². The minimum atomic E-state index is -1.40. The maximum Gasteiger partial charge on any atom is 0.328 e.